The molecule has 0 N–H and O–H groups in total. The number of carbonyl (C=O) groups excluding carboxylic acids is 1. The summed E-state index contributed by atoms with van der Waals surface area (Å²) < 4.78 is 0. The number of rotatable bonds is 3. The van der Waals surface area contributed by atoms with Gasteiger partial charge in [0.2, 0.25) is 0 Å². The molecule has 1 amide bonds. The molecule has 0 saturated carbocycles. The van der Waals surface area contributed by atoms with Crippen molar-refractivity contribution >= 4 is 28.1 Å². The Labute approximate surface area is 127 Å². The fraction of sp³-hybridized carbons (Fsp3) is 0.176. The van der Waals surface area contributed by atoms with Gasteiger partial charge in [0, 0.05) is 19.0 Å². The molecule has 2 aromatic heterocycles. The van der Waals surface area contributed by atoms with Gasteiger partial charge in [0.25, 0.3) is 5.91 Å². The molecule has 3 aromatic rings. The summed E-state index contributed by atoms with van der Waals surface area (Å²) in [4.78, 5) is 20.1. The maximum atomic E-state index is 12.6. The van der Waals surface area contributed by atoms with Gasteiger partial charge in [-0.25, -0.2) is 4.98 Å². The van der Waals surface area contributed by atoms with E-state index in [1.807, 2.05) is 61.8 Å². The van der Waals surface area contributed by atoms with Crippen molar-refractivity contribution in [2.24, 2.45) is 0 Å². The Bertz CT molecular complexity index is 781. The first kappa shape index (κ1) is 13.8. The van der Waals surface area contributed by atoms with Crippen LogP contribution in [0.5, 0.6) is 0 Å². The minimum Gasteiger partial charge on any atom is -0.342 e. The number of amides is 1. The Balaban J connectivity index is 2.23. The summed E-state index contributed by atoms with van der Waals surface area (Å²) >= 11 is 1.63. The Morgan fingerprint density at radius 2 is 2.05 bits per heavy atom. The lowest BCUT2D eigenvalue weighted by Gasteiger charge is -2.16. The van der Waals surface area contributed by atoms with Crippen molar-refractivity contribution in [1.29, 1.82) is 0 Å². The first-order chi connectivity index (χ1) is 10.2. The molecule has 0 spiro atoms. The van der Waals surface area contributed by atoms with Crippen LogP contribution in [0.15, 0.2) is 47.8 Å². The van der Waals surface area contributed by atoms with E-state index in [1.165, 1.54) is 0 Å². The predicted molar refractivity (Wildman–Crippen MR) is 87.7 cm³/mol. The molecule has 0 aliphatic rings. The summed E-state index contributed by atoms with van der Waals surface area (Å²) in [5.74, 6) is 0.0360. The van der Waals surface area contributed by atoms with Crippen molar-refractivity contribution in [2.45, 2.75) is 6.92 Å². The highest BCUT2D eigenvalue weighted by Gasteiger charge is 2.16. The quantitative estimate of drug-likeness (QED) is 0.730. The van der Waals surface area contributed by atoms with Crippen molar-refractivity contribution in [3.05, 3.63) is 53.4 Å². The number of pyridine rings is 1. The third kappa shape index (κ3) is 2.54. The van der Waals surface area contributed by atoms with Crippen LogP contribution < -0.4 is 0 Å². The zero-order valence-corrected chi connectivity index (χ0v) is 12.9. The third-order valence-electron chi connectivity index (χ3n) is 3.54. The lowest BCUT2D eigenvalue weighted by molar-refractivity contribution is 0.0804. The minimum absolute atomic E-state index is 0.0360. The van der Waals surface area contributed by atoms with E-state index in [2.05, 4.69) is 4.98 Å². The second-order valence-electron chi connectivity index (χ2n) is 4.87. The van der Waals surface area contributed by atoms with Gasteiger partial charge >= 0.3 is 0 Å². The van der Waals surface area contributed by atoms with Gasteiger partial charge in [-0.15, -0.1) is 11.3 Å². The van der Waals surface area contributed by atoms with E-state index in [0.717, 1.165) is 21.5 Å². The molecular weight excluding hydrogens is 280 g/mol. The molecular formula is C17H16N2OS. The van der Waals surface area contributed by atoms with Crippen molar-refractivity contribution in [3.63, 3.8) is 0 Å². The summed E-state index contributed by atoms with van der Waals surface area (Å²) in [6.45, 7) is 2.66. The average molecular weight is 296 g/mol. The molecule has 3 nitrogen and oxygen atoms in total. The molecule has 0 aliphatic heterocycles. The number of hydrogen-bond acceptors (Lipinski definition) is 3. The largest absolute Gasteiger partial charge is 0.342 e. The number of aromatic nitrogens is 1. The summed E-state index contributed by atoms with van der Waals surface area (Å²) in [6, 6.07) is 13.7. The molecule has 0 bridgehead atoms. The molecule has 106 valence electrons. The van der Waals surface area contributed by atoms with Gasteiger partial charge in [0.1, 0.15) is 0 Å². The number of nitrogens with zero attached hydrogens (tertiary/aromatic N) is 2. The topological polar surface area (TPSA) is 33.2 Å². The number of hydrogen-bond donors (Lipinski definition) is 0. The molecule has 4 heteroatoms. The molecule has 2 heterocycles. The third-order valence-corrected chi connectivity index (χ3v) is 4.43. The second-order valence-corrected chi connectivity index (χ2v) is 5.82. The van der Waals surface area contributed by atoms with Crippen molar-refractivity contribution < 1.29 is 4.79 Å². The molecule has 0 saturated heterocycles. The molecule has 1 aromatic carbocycles. The average Bonchev–Trinajstić information content (AvgIpc) is 3.06. The highest BCUT2D eigenvalue weighted by Crippen LogP contribution is 2.28. The number of para-hydroxylation sites is 1. The maximum Gasteiger partial charge on any atom is 0.254 e. The van der Waals surface area contributed by atoms with Crippen LogP contribution in [0, 0.1) is 0 Å². The SMILES string of the molecule is CCN(C)C(=O)c1cc(-c2cccs2)nc2ccccc12. The van der Waals surface area contributed by atoms with Crippen molar-refractivity contribution in [2.75, 3.05) is 13.6 Å². The van der Waals surface area contributed by atoms with Gasteiger partial charge in [-0.2, -0.15) is 0 Å². The molecule has 3 rings (SSSR count). The normalized spacial score (nSPS) is 10.8. The highest BCUT2D eigenvalue weighted by atomic mass is 32.1. The molecule has 0 aliphatic carbocycles. The van der Waals surface area contributed by atoms with Crippen LogP contribution >= 0.6 is 11.3 Å². The summed E-state index contributed by atoms with van der Waals surface area (Å²) in [5, 5.41) is 2.93. The lowest BCUT2D eigenvalue weighted by Crippen LogP contribution is -2.26. The van der Waals surface area contributed by atoms with Gasteiger partial charge in [0.15, 0.2) is 0 Å². The Kier molecular flexibility index (Phi) is 3.71. The predicted octanol–water partition coefficient (Wildman–Crippen LogP) is 4.06. The second kappa shape index (κ2) is 5.66. The zero-order chi connectivity index (χ0) is 14.8. The number of benzene rings is 1. The van der Waals surface area contributed by atoms with E-state index >= 15 is 0 Å². The fourth-order valence-electron chi connectivity index (χ4n) is 2.25. The summed E-state index contributed by atoms with van der Waals surface area (Å²) in [6.07, 6.45) is 0. The van der Waals surface area contributed by atoms with E-state index in [4.69, 9.17) is 0 Å². The maximum absolute atomic E-state index is 12.6. The molecule has 21 heavy (non-hydrogen) atoms. The van der Waals surface area contributed by atoms with E-state index in [-0.39, 0.29) is 5.91 Å². The smallest absolute Gasteiger partial charge is 0.254 e. The van der Waals surface area contributed by atoms with Gasteiger partial charge in [-0.1, -0.05) is 24.3 Å². The molecule has 0 radical (unpaired) electrons. The van der Waals surface area contributed by atoms with Crippen LogP contribution in [0.25, 0.3) is 21.5 Å². The Morgan fingerprint density at radius 1 is 1.24 bits per heavy atom. The lowest BCUT2D eigenvalue weighted by atomic mass is 10.1. The van der Waals surface area contributed by atoms with Crippen LogP contribution in [0.4, 0.5) is 0 Å². The number of fused-ring (bicyclic) bond motifs is 1. The summed E-state index contributed by atoms with van der Waals surface area (Å²) in [5.41, 5.74) is 2.43. The van der Waals surface area contributed by atoms with Gasteiger partial charge in [-0.3, -0.25) is 4.79 Å². The van der Waals surface area contributed by atoms with Crippen LogP contribution in [0.2, 0.25) is 0 Å². The van der Waals surface area contributed by atoms with E-state index in [1.54, 1.807) is 16.2 Å². The first-order valence-electron chi connectivity index (χ1n) is 6.90. The Morgan fingerprint density at radius 3 is 2.76 bits per heavy atom. The van der Waals surface area contributed by atoms with Crippen molar-refractivity contribution in [1.82, 2.24) is 9.88 Å². The molecule has 0 unspecified atom stereocenters. The van der Waals surface area contributed by atoms with Crippen LogP contribution in [0.1, 0.15) is 17.3 Å². The first-order valence-corrected chi connectivity index (χ1v) is 7.78. The molecule has 0 atom stereocenters. The van der Waals surface area contributed by atoms with Crippen molar-refractivity contribution in [3.8, 4) is 10.6 Å². The monoisotopic (exact) mass is 296 g/mol. The minimum atomic E-state index is 0.0360. The summed E-state index contributed by atoms with van der Waals surface area (Å²) in [7, 11) is 1.82. The van der Waals surface area contributed by atoms with Crippen LogP contribution in [-0.4, -0.2) is 29.4 Å². The van der Waals surface area contributed by atoms with Crippen LogP contribution in [0.3, 0.4) is 0 Å². The highest BCUT2D eigenvalue weighted by molar-refractivity contribution is 7.13. The van der Waals surface area contributed by atoms with Gasteiger partial charge in [-0.05, 0) is 30.5 Å². The fourth-order valence-corrected chi connectivity index (χ4v) is 2.94. The van der Waals surface area contributed by atoms with E-state index in [0.29, 0.717) is 12.1 Å². The standard InChI is InChI=1S/C17H16N2OS/c1-3-19(2)17(20)13-11-15(16-9-6-10-21-16)18-14-8-5-4-7-12(13)14/h4-11H,3H2,1-2H3. The van der Waals surface area contributed by atoms with E-state index in [9.17, 15) is 4.79 Å². The van der Waals surface area contributed by atoms with Crippen LogP contribution in [-0.2, 0) is 0 Å². The van der Waals surface area contributed by atoms with Gasteiger partial charge < -0.3 is 4.90 Å². The number of carbonyl (C=O) groups is 1. The number of thiophene rings is 1. The zero-order valence-electron chi connectivity index (χ0n) is 12.0. The Hall–Kier alpha value is -2.20. The van der Waals surface area contributed by atoms with E-state index < -0.39 is 0 Å². The van der Waals surface area contributed by atoms with Gasteiger partial charge in [0.05, 0.1) is 21.7 Å². The molecule has 0 fully saturated rings.